The summed E-state index contributed by atoms with van der Waals surface area (Å²) in [7, 11) is 1.65. The van der Waals surface area contributed by atoms with E-state index in [0.29, 0.717) is 11.8 Å². The van der Waals surface area contributed by atoms with Crippen molar-refractivity contribution >= 4 is 16.8 Å². The standard InChI is InChI=1S/C23H23N3O2/c1-28-18-8-6-15(7-9-18)22-10-20(19-4-2-3-5-21(19)25-22)23(27)26-13-16-11-24-12-17(16)14-26/h2-10,16-17,24H,11-14H2,1H3/t16-,17+. The first kappa shape index (κ1) is 17.2. The second-order valence-corrected chi connectivity index (χ2v) is 7.69. The molecule has 2 aromatic carbocycles. The zero-order chi connectivity index (χ0) is 19.1. The minimum absolute atomic E-state index is 0.114. The first-order valence-corrected chi connectivity index (χ1v) is 9.77. The van der Waals surface area contributed by atoms with E-state index in [2.05, 4.69) is 5.32 Å². The number of amides is 1. The number of likely N-dealkylation sites (tertiary alicyclic amines) is 1. The van der Waals surface area contributed by atoms with Gasteiger partial charge in [0, 0.05) is 37.1 Å². The number of fused-ring (bicyclic) bond motifs is 2. The molecule has 0 unspecified atom stereocenters. The maximum atomic E-state index is 13.4. The van der Waals surface area contributed by atoms with Crippen molar-refractivity contribution in [3.63, 3.8) is 0 Å². The number of benzene rings is 2. The third-order valence-corrected chi connectivity index (χ3v) is 6.01. The van der Waals surface area contributed by atoms with E-state index in [4.69, 9.17) is 9.72 Å². The van der Waals surface area contributed by atoms with E-state index in [1.807, 2.05) is 59.5 Å². The lowest BCUT2D eigenvalue weighted by molar-refractivity contribution is 0.0783. The van der Waals surface area contributed by atoms with E-state index in [1.54, 1.807) is 7.11 Å². The van der Waals surface area contributed by atoms with E-state index in [0.717, 1.165) is 59.7 Å². The Bertz CT molecular complexity index is 1020. The van der Waals surface area contributed by atoms with Crippen LogP contribution in [0.4, 0.5) is 0 Å². The zero-order valence-electron chi connectivity index (χ0n) is 15.9. The van der Waals surface area contributed by atoms with Crippen molar-refractivity contribution in [2.75, 3.05) is 33.3 Å². The number of nitrogens with zero attached hydrogens (tertiary/aromatic N) is 2. The molecule has 5 nitrogen and oxygen atoms in total. The summed E-state index contributed by atoms with van der Waals surface area (Å²) in [6.45, 7) is 3.71. The number of pyridine rings is 1. The second-order valence-electron chi connectivity index (χ2n) is 7.69. The topological polar surface area (TPSA) is 54.5 Å². The van der Waals surface area contributed by atoms with E-state index < -0.39 is 0 Å². The van der Waals surface area contributed by atoms with Gasteiger partial charge in [-0.15, -0.1) is 0 Å². The third-order valence-electron chi connectivity index (χ3n) is 6.01. The van der Waals surface area contributed by atoms with Gasteiger partial charge in [0.15, 0.2) is 0 Å². The number of carbonyl (C=O) groups is 1. The van der Waals surface area contributed by atoms with Crippen molar-refractivity contribution in [1.82, 2.24) is 15.2 Å². The Hall–Kier alpha value is -2.92. The minimum Gasteiger partial charge on any atom is -0.497 e. The molecule has 2 atom stereocenters. The molecule has 5 rings (SSSR count). The van der Waals surface area contributed by atoms with Crippen molar-refractivity contribution in [3.05, 3.63) is 60.2 Å². The Balaban J connectivity index is 1.56. The molecule has 28 heavy (non-hydrogen) atoms. The van der Waals surface area contributed by atoms with Gasteiger partial charge in [0.25, 0.3) is 5.91 Å². The normalized spacial score (nSPS) is 21.1. The molecule has 0 bridgehead atoms. The Labute approximate surface area is 164 Å². The van der Waals surface area contributed by atoms with Crippen LogP contribution in [0.3, 0.4) is 0 Å². The van der Waals surface area contributed by atoms with Crippen LogP contribution in [0.1, 0.15) is 10.4 Å². The van der Waals surface area contributed by atoms with Gasteiger partial charge in [-0.2, -0.15) is 0 Å². The molecule has 2 fully saturated rings. The molecule has 1 aromatic heterocycles. The summed E-state index contributed by atoms with van der Waals surface area (Å²) >= 11 is 0. The van der Waals surface area contributed by atoms with Crippen molar-refractivity contribution in [2.24, 2.45) is 11.8 Å². The van der Waals surface area contributed by atoms with E-state index in [1.165, 1.54) is 0 Å². The lowest BCUT2D eigenvalue weighted by Crippen LogP contribution is -2.32. The molecule has 1 N–H and O–H groups in total. The van der Waals surface area contributed by atoms with Gasteiger partial charge in [-0.25, -0.2) is 4.98 Å². The molecule has 3 aromatic rings. The first-order chi connectivity index (χ1) is 13.7. The number of aromatic nitrogens is 1. The quantitative estimate of drug-likeness (QED) is 0.766. The average molecular weight is 373 g/mol. The lowest BCUT2D eigenvalue weighted by Gasteiger charge is -2.19. The highest BCUT2D eigenvalue weighted by molar-refractivity contribution is 6.07. The number of carbonyl (C=O) groups excluding carboxylic acids is 1. The van der Waals surface area contributed by atoms with Crippen molar-refractivity contribution in [1.29, 1.82) is 0 Å². The van der Waals surface area contributed by atoms with Gasteiger partial charge >= 0.3 is 0 Å². The van der Waals surface area contributed by atoms with Gasteiger partial charge in [-0.1, -0.05) is 18.2 Å². The summed E-state index contributed by atoms with van der Waals surface area (Å²) in [4.78, 5) is 20.3. The Morgan fingerprint density at radius 3 is 2.50 bits per heavy atom. The van der Waals surface area contributed by atoms with Crippen LogP contribution in [0.15, 0.2) is 54.6 Å². The molecular weight excluding hydrogens is 350 g/mol. The molecule has 142 valence electrons. The zero-order valence-corrected chi connectivity index (χ0v) is 15.9. The largest absolute Gasteiger partial charge is 0.497 e. The first-order valence-electron chi connectivity index (χ1n) is 9.77. The molecule has 3 heterocycles. The van der Waals surface area contributed by atoms with Gasteiger partial charge in [0.2, 0.25) is 0 Å². The lowest BCUT2D eigenvalue weighted by atomic mass is 10.0. The molecule has 2 saturated heterocycles. The van der Waals surface area contributed by atoms with E-state index in [-0.39, 0.29) is 5.91 Å². The molecule has 2 aliphatic heterocycles. The SMILES string of the molecule is COc1ccc(-c2cc(C(=O)N3C[C@H]4CNC[C@H]4C3)c3ccccc3n2)cc1. The molecule has 5 heteroatoms. The smallest absolute Gasteiger partial charge is 0.254 e. The number of ether oxygens (including phenoxy) is 1. The Morgan fingerprint density at radius 1 is 1.07 bits per heavy atom. The van der Waals surface area contributed by atoms with Crippen LogP contribution < -0.4 is 10.1 Å². The van der Waals surface area contributed by atoms with Crippen LogP contribution >= 0.6 is 0 Å². The summed E-state index contributed by atoms with van der Waals surface area (Å²) in [5, 5.41) is 4.35. The summed E-state index contributed by atoms with van der Waals surface area (Å²) in [6, 6.07) is 17.6. The molecule has 1 amide bonds. The van der Waals surface area contributed by atoms with E-state index >= 15 is 0 Å². The molecule has 0 radical (unpaired) electrons. The van der Waals surface area contributed by atoms with Crippen molar-refractivity contribution < 1.29 is 9.53 Å². The monoisotopic (exact) mass is 373 g/mol. The fraction of sp³-hybridized carbons (Fsp3) is 0.304. The highest BCUT2D eigenvalue weighted by Crippen LogP contribution is 2.31. The number of hydrogen-bond donors (Lipinski definition) is 1. The number of hydrogen-bond acceptors (Lipinski definition) is 4. The van der Waals surface area contributed by atoms with E-state index in [9.17, 15) is 4.79 Å². The summed E-state index contributed by atoms with van der Waals surface area (Å²) in [5.74, 6) is 2.08. The van der Waals surface area contributed by atoms with Crippen LogP contribution in [0.25, 0.3) is 22.2 Å². The van der Waals surface area contributed by atoms with Crippen LogP contribution in [0.5, 0.6) is 5.75 Å². The predicted molar refractivity (Wildman–Crippen MR) is 109 cm³/mol. The number of rotatable bonds is 3. The predicted octanol–water partition coefficient (Wildman–Crippen LogP) is 3.20. The maximum Gasteiger partial charge on any atom is 0.254 e. The van der Waals surface area contributed by atoms with Crippen LogP contribution in [0, 0.1) is 11.8 Å². The van der Waals surface area contributed by atoms with Crippen molar-refractivity contribution in [3.8, 4) is 17.0 Å². The minimum atomic E-state index is 0.114. The summed E-state index contributed by atoms with van der Waals surface area (Å²) < 4.78 is 5.25. The fourth-order valence-corrected chi connectivity index (χ4v) is 4.45. The third kappa shape index (κ3) is 2.92. The summed E-state index contributed by atoms with van der Waals surface area (Å²) in [6.07, 6.45) is 0. The van der Waals surface area contributed by atoms with Crippen LogP contribution in [-0.2, 0) is 0 Å². The van der Waals surface area contributed by atoms with Crippen LogP contribution in [0.2, 0.25) is 0 Å². The Morgan fingerprint density at radius 2 is 1.79 bits per heavy atom. The highest BCUT2D eigenvalue weighted by atomic mass is 16.5. The number of nitrogens with one attached hydrogen (secondary N) is 1. The maximum absolute atomic E-state index is 13.4. The Kier molecular flexibility index (Phi) is 4.24. The molecule has 0 spiro atoms. The highest BCUT2D eigenvalue weighted by Gasteiger charge is 2.38. The van der Waals surface area contributed by atoms with Gasteiger partial charge in [0.1, 0.15) is 5.75 Å². The van der Waals surface area contributed by atoms with Crippen LogP contribution in [-0.4, -0.2) is 49.1 Å². The summed E-state index contributed by atoms with van der Waals surface area (Å²) in [5.41, 5.74) is 3.37. The average Bonchev–Trinajstić information content (AvgIpc) is 3.35. The van der Waals surface area contributed by atoms with Gasteiger partial charge in [-0.3, -0.25) is 4.79 Å². The number of para-hydroxylation sites is 1. The second kappa shape index (κ2) is 6.91. The fourth-order valence-electron chi connectivity index (χ4n) is 4.45. The van der Waals surface area contributed by atoms with Gasteiger partial charge in [-0.05, 0) is 48.2 Å². The van der Waals surface area contributed by atoms with Gasteiger partial charge < -0.3 is 15.0 Å². The molecule has 0 aliphatic carbocycles. The molecular formula is C23H23N3O2. The molecule has 0 saturated carbocycles. The number of methoxy groups -OCH3 is 1. The molecule has 2 aliphatic rings. The van der Waals surface area contributed by atoms with Crippen molar-refractivity contribution in [2.45, 2.75) is 0 Å². The van der Waals surface area contributed by atoms with Gasteiger partial charge in [0.05, 0.1) is 23.9 Å².